The van der Waals surface area contributed by atoms with Crippen molar-refractivity contribution >= 4 is 11.7 Å². The van der Waals surface area contributed by atoms with Crippen LogP contribution in [-0.4, -0.2) is 18.1 Å². The lowest BCUT2D eigenvalue weighted by atomic mass is 9.90. The van der Waals surface area contributed by atoms with Gasteiger partial charge in [-0.25, -0.2) is 4.79 Å². The van der Waals surface area contributed by atoms with Crippen LogP contribution in [0.25, 0.3) is 0 Å². The fourth-order valence-corrected chi connectivity index (χ4v) is 3.29. The van der Waals surface area contributed by atoms with Gasteiger partial charge >= 0.3 is 12.2 Å². The third-order valence-corrected chi connectivity index (χ3v) is 4.30. The summed E-state index contributed by atoms with van der Waals surface area (Å²) in [6.07, 6.45) is -1.05. The van der Waals surface area contributed by atoms with E-state index in [0.717, 1.165) is 37.8 Å². The van der Waals surface area contributed by atoms with Crippen molar-refractivity contribution in [2.45, 2.75) is 43.9 Å². The van der Waals surface area contributed by atoms with E-state index in [9.17, 15) is 18.0 Å². The SMILES string of the molecule is N#Cc1ccc(N2C(=O)NC3CCCCC32)cc1C(F)(F)F. The molecule has 2 unspecified atom stereocenters. The molecule has 116 valence electrons. The molecule has 1 aliphatic carbocycles. The number of carbonyl (C=O) groups excluding carboxylic acids is 1. The molecular weight excluding hydrogens is 295 g/mol. The number of nitrogens with zero attached hydrogens (tertiary/aromatic N) is 2. The molecule has 2 fully saturated rings. The molecule has 1 heterocycles. The molecule has 7 heteroatoms. The Balaban J connectivity index is 2.01. The summed E-state index contributed by atoms with van der Waals surface area (Å²) < 4.78 is 39.2. The van der Waals surface area contributed by atoms with E-state index >= 15 is 0 Å². The van der Waals surface area contributed by atoms with Gasteiger partial charge in [0, 0.05) is 5.69 Å². The number of rotatable bonds is 1. The number of anilines is 1. The smallest absolute Gasteiger partial charge is 0.333 e. The number of benzene rings is 1. The maximum absolute atomic E-state index is 13.1. The van der Waals surface area contributed by atoms with Crippen molar-refractivity contribution in [1.82, 2.24) is 5.32 Å². The molecule has 0 spiro atoms. The summed E-state index contributed by atoms with van der Waals surface area (Å²) in [6.45, 7) is 0. The molecule has 4 nitrogen and oxygen atoms in total. The highest BCUT2D eigenvalue weighted by molar-refractivity contribution is 5.95. The average Bonchev–Trinajstić information content (AvgIpc) is 2.81. The van der Waals surface area contributed by atoms with Crippen LogP contribution in [0.15, 0.2) is 18.2 Å². The van der Waals surface area contributed by atoms with Crippen molar-refractivity contribution in [3.63, 3.8) is 0 Å². The van der Waals surface area contributed by atoms with Gasteiger partial charge in [-0.1, -0.05) is 12.8 Å². The molecular formula is C15H14F3N3O. The van der Waals surface area contributed by atoms with Crippen molar-refractivity contribution in [3.8, 4) is 6.07 Å². The summed E-state index contributed by atoms with van der Waals surface area (Å²) in [7, 11) is 0. The Morgan fingerprint density at radius 1 is 1.27 bits per heavy atom. The molecule has 22 heavy (non-hydrogen) atoms. The van der Waals surface area contributed by atoms with E-state index in [1.54, 1.807) is 6.07 Å². The van der Waals surface area contributed by atoms with Crippen molar-refractivity contribution in [2.24, 2.45) is 0 Å². The van der Waals surface area contributed by atoms with Crippen LogP contribution in [0.5, 0.6) is 0 Å². The van der Waals surface area contributed by atoms with Crippen LogP contribution in [-0.2, 0) is 6.18 Å². The highest BCUT2D eigenvalue weighted by Gasteiger charge is 2.42. The number of hydrogen-bond donors (Lipinski definition) is 1. The summed E-state index contributed by atoms with van der Waals surface area (Å²) in [5.74, 6) is 0. The van der Waals surface area contributed by atoms with E-state index in [1.807, 2.05) is 0 Å². The van der Waals surface area contributed by atoms with Gasteiger partial charge in [-0.3, -0.25) is 4.90 Å². The van der Waals surface area contributed by atoms with Gasteiger partial charge in [0.25, 0.3) is 0 Å². The molecule has 1 aromatic carbocycles. The van der Waals surface area contributed by atoms with Gasteiger partial charge in [-0.15, -0.1) is 0 Å². The van der Waals surface area contributed by atoms with Gasteiger partial charge in [0.1, 0.15) is 0 Å². The summed E-state index contributed by atoms with van der Waals surface area (Å²) in [4.78, 5) is 13.5. The number of alkyl halides is 3. The van der Waals surface area contributed by atoms with Crippen LogP contribution in [0, 0.1) is 11.3 Å². The Bertz CT molecular complexity index is 650. The minimum Gasteiger partial charge on any atom is -0.333 e. The number of nitriles is 1. The number of hydrogen-bond acceptors (Lipinski definition) is 2. The normalized spacial score (nSPS) is 24.6. The van der Waals surface area contributed by atoms with E-state index in [2.05, 4.69) is 5.32 Å². The predicted octanol–water partition coefficient (Wildman–Crippen LogP) is 3.42. The Morgan fingerprint density at radius 2 is 2.00 bits per heavy atom. The second-order valence-corrected chi connectivity index (χ2v) is 5.62. The number of urea groups is 1. The van der Waals surface area contributed by atoms with Crippen molar-refractivity contribution in [3.05, 3.63) is 29.3 Å². The average molecular weight is 309 g/mol. The largest absolute Gasteiger partial charge is 0.417 e. The number of carbonyl (C=O) groups is 1. The van der Waals surface area contributed by atoms with Crippen molar-refractivity contribution in [1.29, 1.82) is 5.26 Å². The lowest BCUT2D eigenvalue weighted by Crippen LogP contribution is -2.39. The quantitative estimate of drug-likeness (QED) is 0.864. The summed E-state index contributed by atoms with van der Waals surface area (Å²) in [6, 6.07) is 4.49. The first-order valence-corrected chi connectivity index (χ1v) is 7.13. The predicted molar refractivity (Wildman–Crippen MR) is 73.2 cm³/mol. The Hall–Kier alpha value is -2.23. The molecule has 1 aliphatic heterocycles. The van der Waals surface area contributed by atoms with Crippen LogP contribution < -0.4 is 10.2 Å². The zero-order chi connectivity index (χ0) is 15.9. The van der Waals surface area contributed by atoms with Crippen LogP contribution in [0.1, 0.15) is 36.8 Å². The molecule has 1 saturated heterocycles. The zero-order valence-corrected chi connectivity index (χ0v) is 11.7. The summed E-state index contributed by atoms with van der Waals surface area (Å²) in [5.41, 5.74) is -1.24. The number of amides is 2. The Labute approximate surface area is 125 Å². The van der Waals surface area contributed by atoms with E-state index in [4.69, 9.17) is 5.26 Å². The van der Waals surface area contributed by atoms with Gasteiger partial charge in [0.15, 0.2) is 0 Å². The zero-order valence-electron chi connectivity index (χ0n) is 11.7. The lowest BCUT2D eigenvalue weighted by Gasteiger charge is -2.30. The molecule has 0 radical (unpaired) electrons. The topological polar surface area (TPSA) is 56.1 Å². The van der Waals surface area contributed by atoms with Crippen LogP contribution in [0.4, 0.5) is 23.7 Å². The molecule has 0 aromatic heterocycles. The fraction of sp³-hybridized carbons (Fsp3) is 0.467. The van der Waals surface area contributed by atoms with E-state index in [1.165, 1.54) is 11.0 Å². The molecule has 1 aromatic rings. The van der Waals surface area contributed by atoms with E-state index < -0.39 is 17.3 Å². The van der Waals surface area contributed by atoms with E-state index in [0.29, 0.717) is 0 Å². The fourth-order valence-electron chi connectivity index (χ4n) is 3.29. The van der Waals surface area contributed by atoms with Gasteiger partial charge in [0.05, 0.1) is 29.3 Å². The second-order valence-electron chi connectivity index (χ2n) is 5.62. The lowest BCUT2D eigenvalue weighted by molar-refractivity contribution is -0.137. The molecule has 2 atom stereocenters. The minimum absolute atomic E-state index is 0.00812. The molecule has 1 saturated carbocycles. The summed E-state index contributed by atoms with van der Waals surface area (Å²) in [5, 5.41) is 11.7. The van der Waals surface area contributed by atoms with Gasteiger partial charge in [0.2, 0.25) is 0 Å². The molecule has 3 rings (SSSR count). The maximum Gasteiger partial charge on any atom is 0.417 e. The minimum atomic E-state index is -4.62. The standard InChI is InChI=1S/C15H14F3N3O/c16-15(17,18)11-7-10(6-5-9(11)8-19)21-13-4-2-1-3-12(13)20-14(21)22/h5-7,12-13H,1-4H2,(H,20,22). The molecule has 0 bridgehead atoms. The van der Waals surface area contributed by atoms with Crippen LogP contribution >= 0.6 is 0 Å². The Morgan fingerprint density at radius 3 is 2.68 bits per heavy atom. The van der Waals surface area contributed by atoms with Gasteiger partial charge in [-0.2, -0.15) is 18.4 Å². The highest BCUT2D eigenvalue weighted by Crippen LogP contribution is 2.37. The van der Waals surface area contributed by atoms with Gasteiger partial charge < -0.3 is 5.32 Å². The monoisotopic (exact) mass is 309 g/mol. The first kappa shape index (κ1) is 14.7. The first-order chi connectivity index (χ1) is 10.4. The Kier molecular flexibility index (Phi) is 3.47. The third kappa shape index (κ3) is 2.39. The van der Waals surface area contributed by atoms with Gasteiger partial charge in [-0.05, 0) is 31.0 Å². The van der Waals surface area contributed by atoms with Crippen molar-refractivity contribution < 1.29 is 18.0 Å². The van der Waals surface area contributed by atoms with E-state index in [-0.39, 0.29) is 23.8 Å². The second kappa shape index (κ2) is 5.20. The summed E-state index contributed by atoms with van der Waals surface area (Å²) >= 11 is 0. The third-order valence-electron chi connectivity index (χ3n) is 4.30. The van der Waals surface area contributed by atoms with Crippen LogP contribution in [0.2, 0.25) is 0 Å². The van der Waals surface area contributed by atoms with Crippen molar-refractivity contribution in [2.75, 3.05) is 4.90 Å². The number of fused-ring (bicyclic) bond motifs is 1. The maximum atomic E-state index is 13.1. The molecule has 1 N–H and O–H groups in total. The van der Waals surface area contributed by atoms with Crippen LogP contribution in [0.3, 0.4) is 0 Å². The first-order valence-electron chi connectivity index (χ1n) is 7.13. The number of nitrogens with one attached hydrogen (secondary N) is 1. The molecule has 2 amide bonds. The number of halogens is 3. The molecule has 2 aliphatic rings. The highest BCUT2D eigenvalue weighted by atomic mass is 19.4.